The molecule has 10 heteroatoms. The van der Waals surface area contributed by atoms with Gasteiger partial charge in [-0.3, -0.25) is 9.59 Å². The van der Waals surface area contributed by atoms with Crippen LogP contribution in [0.1, 0.15) is 36.0 Å². The molecule has 0 aromatic heterocycles. The van der Waals surface area contributed by atoms with Crippen LogP contribution in [-0.4, -0.2) is 51.9 Å². The first kappa shape index (κ1) is 23.7. The van der Waals surface area contributed by atoms with Crippen molar-refractivity contribution in [2.75, 3.05) is 26.0 Å². The van der Waals surface area contributed by atoms with E-state index in [1.165, 1.54) is 50.6 Å². The fourth-order valence-electron chi connectivity index (χ4n) is 3.62. The van der Waals surface area contributed by atoms with Gasteiger partial charge in [0.2, 0.25) is 15.9 Å². The highest BCUT2D eigenvalue weighted by atomic mass is 32.2. The number of sulfonamides is 1. The predicted molar refractivity (Wildman–Crippen MR) is 118 cm³/mol. The highest BCUT2D eigenvalue weighted by molar-refractivity contribution is 7.89. The first-order chi connectivity index (χ1) is 15.2. The van der Waals surface area contributed by atoms with Crippen LogP contribution in [0.2, 0.25) is 0 Å². The van der Waals surface area contributed by atoms with Gasteiger partial charge in [0.1, 0.15) is 16.5 Å². The van der Waals surface area contributed by atoms with Crippen molar-refractivity contribution in [3.05, 3.63) is 53.8 Å². The second-order valence-electron chi connectivity index (χ2n) is 7.69. The molecule has 0 spiro atoms. The lowest BCUT2D eigenvalue weighted by Gasteiger charge is -2.19. The van der Waals surface area contributed by atoms with Crippen LogP contribution in [0.3, 0.4) is 0 Å². The summed E-state index contributed by atoms with van der Waals surface area (Å²) in [4.78, 5) is 26.1. The number of likely N-dealkylation sites (N-methyl/N-ethyl adjacent to an activating group) is 1. The quantitative estimate of drug-likeness (QED) is 0.626. The minimum absolute atomic E-state index is 0.0960. The number of carbonyl (C=O) groups is 2. The molecular formula is C22H26FN3O5S. The van der Waals surface area contributed by atoms with Crippen LogP contribution < -0.4 is 14.8 Å². The van der Waals surface area contributed by atoms with E-state index in [4.69, 9.17) is 4.74 Å². The summed E-state index contributed by atoms with van der Waals surface area (Å²) in [6, 6.07) is 9.37. The monoisotopic (exact) mass is 463 g/mol. The molecule has 2 aromatic rings. The third-order valence-electron chi connectivity index (χ3n) is 5.21. The number of ether oxygens (including phenoxy) is 1. The molecule has 2 amide bonds. The zero-order valence-corrected chi connectivity index (χ0v) is 18.7. The SMILES string of the molecule is COc1ccc(C(=O)N(C)CC(=O)Nc2cccc(F)c2)cc1S(=O)(=O)NC1CCCC1. The van der Waals surface area contributed by atoms with Gasteiger partial charge in [-0.1, -0.05) is 18.9 Å². The number of amides is 2. The first-order valence-corrected chi connectivity index (χ1v) is 11.7. The molecule has 1 fully saturated rings. The van der Waals surface area contributed by atoms with Gasteiger partial charge < -0.3 is 15.0 Å². The standard InChI is InChI=1S/C22H26FN3O5S/c1-26(14-21(27)24-18-9-5-6-16(23)13-18)22(28)15-10-11-19(31-2)20(12-15)32(29,30)25-17-7-3-4-8-17/h5-6,9-13,17,25H,3-4,7-8,14H2,1-2H3,(H,24,27). The van der Waals surface area contributed by atoms with E-state index in [-0.39, 0.29) is 34.5 Å². The van der Waals surface area contributed by atoms with Gasteiger partial charge in [0.15, 0.2) is 0 Å². The van der Waals surface area contributed by atoms with E-state index in [1.807, 2.05) is 0 Å². The van der Waals surface area contributed by atoms with E-state index in [2.05, 4.69) is 10.0 Å². The molecule has 0 radical (unpaired) electrons. The lowest BCUT2D eigenvalue weighted by molar-refractivity contribution is -0.116. The lowest BCUT2D eigenvalue weighted by atomic mass is 10.2. The minimum atomic E-state index is -3.90. The Hall–Kier alpha value is -2.98. The summed E-state index contributed by atoms with van der Waals surface area (Å²) in [6.45, 7) is -0.302. The average Bonchev–Trinajstić information content (AvgIpc) is 3.25. The number of halogens is 1. The molecule has 0 heterocycles. The van der Waals surface area contributed by atoms with Crippen LogP contribution in [0, 0.1) is 5.82 Å². The lowest BCUT2D eigenvalue weighted by Crippen LogP contribution is -2.35. The molecule has 32 heavy (non-hydrogen) atoms. The van der Waals surface area contributed by atoms with E-state index in [1.54, 1.807) is 0 Å². The van der Waals surface area contributed by atoms with Crippen molar-refractivity contribution in [3.8, 4) is 5.75 Å². The van der Waals surface area contributed by atoms with Gasteiger partial charge in [0.25, 0.3) is 5.91 Å². The van der Waals surface area contributed by atoms with Crippen LogP contribution in [0.25, 0.3) is 0 Å². The Bertz CT molecular complexity index is 1100. The Kier molecular flexibility index (Phi) is 7.47. The maximum absolute atomic E-state index is 13.3. The van der Waals surface area contributed by atoms with Crippen molar-refractivity contribution in [1.29, 1.82) is 0 Å². The zero-order chi connectivity index (χ0) is 23.3. The van der Waals surface area contributed by atoms with E-state index in [0.29, 0.717) is 0 Å². The summed E-state index contributed by atoms with van der Waals surface area (Å²) >= 11 is 0. The molecule has 0 bridgehead atoms. The molecule has 1 aliphatic carbocycles. The summed E-state index contributed by atoms with van der Waals surface area (Å²) in [5.74, 6) is -1.43. The van der Waals surface area contributed by atoms with E-state index < -0.39 is 27.7 Å². The third kappa shape index (κ3) is 5.83. The molecule has 3 rings (SSSR count). The molecule has 8 nitrogen and oxygen atoms in total. The second kappa shape index (κ2) is 10.1. The number of methoxy groups -OCH3 is 1. The van der Waals surface area contributed by atoms with Crippen LogP contribution in [-0.2, 0) is 14.8 Å². The molecule has 1 aliphatic rings. The van der Waals surface area contributed by atoms with Crippen molar-refractivity contribution >= 4 is 27.5 Å². The van der Waals surface area contributed by atoms with Crippen LogP contribution >= 0.6 is 0 Å². The molecule has 0 atom stereocenters. The number of benzene rings is 2. The number of nitrogens with zero attached hydrogens (tertiary/aromatic N) is 1. The molecule has 0 aliphatic heterocycles. The Labute approximate surface area is 186 Å². The Morgan fingerprint density at radius 2 is 1.88 bits per heavy atom. The normalized spacial score (nSPS) is 14.2. The highest BCUT2D eigenvalue weighted by Gasteiger charge is 2.27. The van der Waals surface area contributed by atoms with E-state index >= 15 is 0 Å². The van der Waals surface area contributed by atoms with Gasteiger partial charge in [-0.15, -0.1) is 0 Å². The van der Waals surface area contributed by atoms with E-state index in [9.17, 15) is 22.4 Å². The maximum Gasteiger partial charge on any atom is 0.254 e. The van der Waals surface area contributed by atoms with Gasteiger partial charge >= 0.3 is 0 Å². The van der Waals surface area contributed by atoms with Crippen LogP contribution in [0.4, 0.5) is 10.1 Å². The summed E-state index contributed by atoms with van der Waals surface area (Å²) < 4.78 is 47.0. The molecule has 0 saturated heterocycles. The molecule has 1 saturated carbocycles. The predicted octanol–water partition coefficient (Wildman–Crippen LogP) is 2.77. The number of carbonyl (C=O) groups excluding carboxylic acids is 2. The summed E-state index contributed by atoms with van der Waals surface area (Å²) in [6.07, 6.45) is 3.46. The summed E-state index contributed by atoms with van der Waals surface area (Å²) in [5.41, 5.74) is 0.366. The molecule has 2 N–H and O–H groups in total. The fourth-order valence-corrected chi connectivity index (χ4v) is 5.12. The molecule has 2 aromatic carbocycles. The minimum Gasteiger partial charge on any atom is -0.495 e. The molecule has 172 valence electrons. The Morgan fingerprint density at radius 3 is 2.53 bits per heavy atom. The smallest absolute Gasteiger partial charge is 0.254 e. The van der Waals surface area contributed by atoms with Gasteiger partial charge in [-0.05, 0) is 49.2 Å². The fraction of sp³-hybridized carbons (Fsp3) is 0.364. The summed E-state index contributed by atoms with van der Waals surface area (Å²) in [7, 11) is -1.12. The van der Waals surface area contributed by atoms with Crippen molar-refractivity contribution in [3.63, 3.8) is 0 Å². The van der Waals surface area contributed by atoms with Crippen molar-refractivity contribution in [2.24, 2.45) is 0 Å². The van der Waals surface area contributed by atoms with Gasteiger partial charge in [-0.2, -0.15) is 0 Å². The van der Waals surface area contributed by atoms with Crippen LogP contribution in [0.15, 0.2) is 47.4 Å². The summed E-state index contributed by atoms with van der Waals surface area (Å²) in [5, 5.41) is 2.52. The number of hydrogen-bond acceptors (Lipinski definition) is 5. The van der Waals surface area contributed by atoms with Crippen molar-refractivity contribution < 1.29 is 27.1 Å². The average molecular weight is 464 g/mol. The number of hydrogen-bond donors (Lipinski definition) is 2. The van der Waals surface area contributed by atoms with Gasteiger partial charge in [0.05, 0.1) is 13.7 Å². The number of anilines is 1. The third-order valence-corrected chi connectivity index (χ3v) is 6.75. The second-order valence-corrected chi connectivity index (χ2v) is 9.37. The van der Waals surface area contributed by atoms with Crippen molar-refractivity contribution in [2.45, 2.75) is 36.6 Å². The molecule has 0 unspecified atom stereocenters. The largest absolute Gasteiger partial charge is 0.495 e. The van der Waals surface area contributed by atoms with Gasteiger partial charge in [0, 0.05) is 24.3 Å². The van der Waals surface area contributed by atoms with Crippen LogP contribution in [0.5, 0.6) is 5.75 Å². The first-order valence-electron chi connectivity index (χ1n) is 10.2. The Morgan fingerprint density at radius 1 is 1.16 bits per heavy atom. The Balaban J connectivity index is 1.74. The molecular weight excluding hydrogens is 437 g/mol. The topological polar surface area (TPSA) is 105 Å². The van der Waals surface area contributed by atoms with Crippen molar-refractivity contribution in [1.82, 2.24) is 9.62 Å². The van der Waals surface area contributed by atoms with Gasteiger partial charge in [-0.25, -0.2) is 17.5 Å². The highest BCUT2D eigenvalue weighted by Crippen LogP contribution is 2.27. The maximum atomic E-state index is 13.3. The zero-order valence-electron chi connectivity index (χ0n) is 17.9. The van der Waals surface area contributed by atoms with E-state index in [0.717, 1.165) is 36.6 Å². The number of rotatable bonds is 8. The number of nitrogens with one attached hydrogen (secondary N) is 2.